The summed E-state index contributed by atoms with van der Waals surface area (Å²) in [4.78, 5) is -0.603. The van der Waals surface area contributed by atoms with Crippen LogP contribution in [-0.4, -0.2) is 44.9 Å². The standard InChI is InChI=1S/C15H18N2O7S3/c1-24-14-9-8-11(25(2,18)19)10-15(14)27(22,23)17-13-7-5-4-6-12(13)16-26(3,20)21/h4-10,16-17H,1-3H3. The second kappa shape index (κ2) is 7.37. The molecule has 0 spiro atoms. The van der Waals surface area contributed by atoms with Gasteiger partial charge in [-0.25, -0.2) is 25.3 Å². The van der Waals surface area contributed by atoms with E-state index in [0.29, 0.717) is 0 Å². The Morgan fingerprint density at radius 1 is 0.815 bits per heavy atom. The minimum Gasteiger partial charge on any atom is -0.495 e. The van der Waals surface area contributed by atoms with E-state index in [1.54, 1.807) is 0 Å². The molecule has 0 saturated carbocycles. The molecule has 148 valence electrons. The van der Waals surface area contributed by atoms with Crippen LogP contribution in [0.3, 0.4) is 0 Å². The van der Waals surface area contributed by atoms with Gasteiger partial charge in [0.05, 0.1) is 29.6 Å². The molecule has 2 aromatic rings. The highest BCUT2D eigenvalue weighted by molar-refractivity contribution is 7.93. The van der Waals surface area contributed by atoms with Gasteiger partial charge in [0.25, 0.3) is 10.0 Å². The Bertz CT molecular complexity index is 1170. The molecule has 0 bridgehead atoms. The van der Waals surface area contributed by atoms with Gasteiger partial charge in [0.15, 0.2) is 9.84 Å². The van der Waals surface area contributed by atoms with Gasteiger partial charge in [-0.3, -0.25) is 9.44 Å². The fraction of sp³-hybridized carbons (Fsp3) is 0.200. The monoisotopic (exact) mass is 434 g/mol. The van der Waals surface area contributed by atoms with Crippen LogP contribution in [0.2, 0.25) is 0 Å². The van der Waals surface area contributed by atoms with Crippen molar-refractivity contribution < 1.29 is 30.0 Å². The van der Waals surface area contributed by atoms with Crippen molar-refractivity contribution in [1.29, 1.82) is 0 Å². The van der Waals surface area contributed by atoms with Crippen molar-refractivity contribution in [3.05, 3.63) is 42.5 Å². The minimum atomic E-state index is -4.29. The molecule has 0 aromatic heterocycles. The lowest BCUT2D eigenvalue weighted by Gasteiger charge is -2.15. The molecular weight excluding hydrogens is 416 g/mol. The van der Waals surface area contributed by atoms with Gasteiger partial charge in [-0.15, -0.1) is 0 Å². The normalized spacial score (nSPS) is 12.4. The van der Waals surface area contributed by atoms with Crippen molar-refractivity contribution in [2.45, 2.75) is 9.79 Å². The molecule has 0 aliphatic rings. The lowest BCUT2D eigenvalue weighted by atomic mass is 10.3. The first kappa shape index (κ1) is 21.0. The van der Waals surface area contributed by atoms with E-state index in [-0.39, 0.29) is 22.0 Å². The number of rotatable bonds is 7. The molecule has 27 heavy (non-hydrogen) atoms. The SMILES string of the molecule is COc1ccc(S(C)(=O)=O)cc1S(=O)(=O)Nc1ccccc1NS(C)(=O)=O. The van der Waals surface area contributed by atoms with E-state index in [4.69, 9.17) is 4.74 Å². The predicted octanol–water partition coefficient (Wildman–Crippen LogP) is 1.27. The van der Waals surface area contributed by atoms with Crippen molar-refractivity contribution in [2.75, 3.05) is 29.1 Å². The summed E-state index contributed by atoms with van der Waals surface area (Å²) in [5, 5.41) is 0. The number of hydrogen-bond donors (Lipinski definition) is 2. The van der Waals surface area contributed by atoms with Gasteiger partial charge >= 0.3 is 0 Å². The highest BCUT2D eigenvalue weighted by atomic mass is 32.2. The highest BCUT2D eigenvalue weighted by Gasteiger charge is 2.23. The Morgan fingerprint density at radius 3 is 1.85 bits per heavy atom. The van der Waals surface area contributed by atoms with Crippen LogP contribution in [0.1, 0.15) is 0 Å². The largest absolute Gasteiger partial charge is 0.495 e. The van der Waals surface area contributed by atoms with Gasteiger partial charge in [-0.1, -0.05) is 12.1 Å². The molecule has 0 aliphatic heterocycles. The molecule has 9 nitrogen and oxygen atoms in total. The van der Waals surface area contributed by atoms with Gasteiger partial charge < -0.3 is 4.74 Å². The van der Waals surface area contributed by atoms with E-state index in [9.17, 15) is 25.3 Å². The summed E-state index contributed by atoms with van der Waals surface area (Å²) < 4.78 is 81.5. The first-order chi connectivity index (χ1) is 12.3. The molecule has 0 aliphatic carbocycles. The zero-order chi connectivity index (χ0) is 20.5. The number of methoxy groups -OCH3 is 1. The predicted molar refractivity (Wildman–Crippen MR) is 102 cm³/mol. The fourth-order valence-electron chi connectivity index (χ4n) is 2.16. The van der Waals surface area contributed by atoms with Crippen molar-refractivity contribution in [1.82, 2.24) is 0 Å². The van der Waals surface area contributed by atoms with Crippen LogP contribution in [0.5, 0.6) is 5.75 Å². The lowest BCUT2D eigenvalue weighted by Crippen LogP contribution is -2.17. The van der Waals surface area contributed by atoms with Crippen LogP contribution in [0, 0.1) is 0 Å². The maximum atomic E-state index is 12.8. The molecular formula is C15H18N2O7S3. The average molecular weight is 435 g/mol. The first-order valence-electron chi connectivity index (χ1n) is 7.31. The van der Waals surface area contributed by atoms with Crippen LogP contribution in [-0.2, 0) is 29.9 Å². The summed E-state index contributed by atoms with van der Waals surface area (Å²) in [6.45, 7) is 0. The number of ether oxygens (including phenoxy) is 1. The summed E-state index contributed by atoms with van der Waals surface area (Å²) >= 11 is 0. The minimum absolute atomic E-state index is 0.0156. The molecule has 0 amide bonds. The van der Waals surface area contributed by atoms with Crippen molar-refractivity contribution >= 4 is 41.3 Å². The van der Waals surface area contributed by atoms with Gasteiger partial charge in [0.2, 0.25) is 10.0 Å². The molecule has 12 heteroatoms. The molecule has 2 rings (SSSR count). The Morgan fingerprint density at radius 2 is 1.37 bits per heavy atom. The first-order valence-corrected chi connectivity index (χ1v) is 12.6. The maximum absolute atomic E-state index is 12.8. The fourth-order valence-corrected chi connectivity index (χ4v) is 4.73. The van der Waals surface area contributed by atoms with E-state index in [2.05, 4.69) is 9.44 Å². The van der Waals surface area contributed by atoms with E-state index < -0.39 is 34.8 Å². The Labute approximate surface area is 158 Å². The van der Waals surface area contributed by atoms with Gasteiger partial charge in [0, 0.05) is 6.26 Å². The van der Waals surface area contributed by atoms with Gasteiger partial charge in [0.1, 0.15) is 10.6 Å². The molecule has 0 unspecified atom stereocenters. The smallest absolute Gasteiger partial charge is 0.265 e. The van der Waals surface area contributed by atoms with Gasteiger partial charge in [-0.2, -0.15) is 0 Å². The molecule has 0 atom stereocenters. The van der Waals surface area contributed by atoms with E-state index in [1.165, 1.54) is 43.5 Å². The molecule has 0 fully saturated rings. The molecule has 0 heterocycles. The number of hydrogen-bond acceptors (Lipinski definition) is 7. The molecule has 0 radical (unpaired) electrons. The second-order valence-corrected chi connectivity index (χ2v) is 11.0. The number of sulfonamides is 2. The van der Waals surface area contributed by atoms with Crippen molar-refractivity contribution in [3.8, 4) is 5.75 Å². The molecule has 0 saturated heterocycles. The third-order valence-electron chi connectivity index (χ3n) is 3.32. The van der Waals surface area contributed by atoms with Crippen LogP contribution in [0.25, 0.3) is 0 Å². The van der Waals surface area contributed by atoms with Gasteiger partial charge in [-0.05, 0) is 30.3 Å². The quantitative estimate of drug-likeness (QED) is 0.670. The second-order valence-electron chi connectivity index (χ2n) is 5.61. The summed E-state index contributed by atoms with van der Waals surface area (Å²) in [5.41, 5.74) is -0.0171. The number of para-hydroxylation sites is 2. The van der Waals surface area contributed by atoms with Crippen LogP contribution in [0.4, 0.5) is 11.4 Å². The van der Waals surface area contributed by atoms with Crippen LogP contribution >= 0.6 is 0 Å². The number of nitrogens with one attached hydrogen (secondary N) is 2. The highest BCUT2D eigenvalue weighted by Crippen LogP contribution is 2.31. The summed E-state index contributed by atoms with van der Waals surface area (Å²) in [5.74, 6) is -0.0662. The van der Waals surface area contributed by atoms with E-state index in [1.807, 2.05) is 0 Å². The van der Waals surface area contributed by atoms with E-state index in [0.717, 1.165) is 18.6 Å². The Hall–Kier alpha value is -2.31. The lowest BCUT2D eigenvalue weighted by molar-refractivity contribution is 0.402. The molecule has 2 N–H and O–H groups in total. The molecule has 2 aromatic carbocycles. The average Bonchev–Trinajstić information content (AvgIpc) is 2.53. The van der Waals surface area contributed by atoms with Crippen LogP contribution < -0.4 is 14.2 Å². The zero-order valence-corrected chi connectivity index (χ0v) is 17.1. The van der Waals surface area contributed by atoms with Crippen molar-refractivity contribution in [2.24, 2.45) is 0 Å². The summed E-state index contributed by atoms with van der Waals surface area (Å²) in [7, 11) is -10.4. The topological polar surface area (TPSA) is 136 Å². The number of sulfone groups is 1. The zero-order valence-electron chi connectivity index (χ0n) is 14.6. The van der Waals surface area contributed by atoms with Crippen LogP contribution in [0.15, 0.2) is 52.3 Å². The number of benzene rings is 2. The maximum Gasteiger partial charge on any atom is 0.265 e. The van der Waals surface area contributed by atoms with E-state index >= 15 is 0 Å². The van der Waals surface area contributed by atoms with Crippen molar-refractivity contribution in [3.63, 3.8) is 0 Å². The third-order valence-corrected chi connectivity index (χ3v) is 6.41. The summed E-state index contributed by atoms with van der Waals surface area (Å²) in [6.07, 6.45) is 1.88. The Kier molecular flexibility index (Phi) is 5.73. The Balaban J connectivity index is 2.56. The summed E-state index contributed by atoms with van der Waals surface area (Å²) in [6, 6.07) is 9.20. The number of anilines is 2. The third kappa shape index (κ3) is 5.34.